The molecule has 13 heavy (non-hydrogen) atoms. The second kappa shape index (κ2) is 4.85. The van der Waals surface area contributed by atoms with E-state index in [4.69, 9.17) is 17.5 Å². The first kappa shape index (κ1) is 11.9. The number of hydrogen-bond donors (Lipinski definition) is 2. The fourth-order valence-corrected chi connectivity index (χ4v) is 0.477. The van der Waals surface area contributed by atoms with Gasteiger partial charge in [-0.3, -0.25) is 19.1 Å². The Morgan fingerprint density at radius 2 is 1.31 bits per heavy atom. The number of hydrogen-bond acceptors (Lipinski definition) is 4. The van der Waals surface area contributed by atoms with Crippen molar-refractivity contribution in [2.24, 2.45) is 0 Å². The molecule has 0 aliphatic heterocycles. The van der Waals surface area contributed by atoms with Crippen LogP contribution in [0.25, 0.3) is 0 Å². The zero-order valence-electron chi connectivity index (χ0n) is 7.17. The summed E-state index contributed by atoms with van der Waals surface area (Å²) in [6.45, 7) is 3.89. The van der Waals surface area contributed by atoms with E-state index in [0.717, 1.165) is 11.4 Å². The fraction of sp³-hybridized carbons (Fsp3) is 0.333. The molecule has 0 radical (unpaired) electrons. The monoisotopic (exact) mass is 206 g/mol. The summed E-state index contributed by atoms with van der Waals surface area (Å²) >= 11 is 0. The maximum atomic E-state index is 8.74. The lowest BCUT2D eigenvalue weighted by Gasteiger charge is -1.91. The Labute approximate surface area is 76.2 Å². The Morgan fingerprint density at radius 3 is 1.46 bits per heavy atom. The quantitative estimate of drug-likeness (QED) is 0.597. The van der Waals surface area contributed by atoms with Gasteiger partial charge in [-0.2, -0.15) is 8.42 Å². The maximum absolute atomic E-state index is 8.74. The summed E-state index contributed by atoms with van der Waals surface area (Å²) in [6, 6.07) is 0. The highest BCUT2D eigenvalue weighted by Gasteiger charge is 1.87. The Balaban J connectivity index is 0.000000252. The third kappa shape index (κ3) is 8.86. The fourth-order valence-electron chi connectivity index (χ4n) is 0.477. The van der Waals surface area contributed by atoms with Crippen molar-refractivity contribution in [1.29, 1.82) is 0 Å². The van der Waals surface area contributed by atoms with Crippen molar-refractivity contribution in [3.05, 3.63) is 23.8 Å². The van der Waals surface area contributed by atoms with E-state index >= 15 is 0 Å². The minimum absolute atomic E-state index is 1.01. The molecular weight excluding hydrogens is 196 g/mol. The van der Waals surface area contributed by atoms with Gasteiger partial charge in [0.15, 0.2) is 0 Å². The van der Waals surface area contributed by atoms with Crippen LogP contribution in [-0.4, -0.2) is 27.5 Å². The Kier molecular flexibility index (Phi) is 4.46. The topological polar surface area (TPSA) is 100 Å². The molecule has 2 N–H and O–H groups in total. The Morgan fingerprint density at radius 1 is 1.08 bits per heavy atom. The molecule has 0 aliphatic carbocycles. The molecule has 0 spiro atoms. The third-order valence-electron chi connectivity index (χ3n) is 1.13. The lowest BCUT2D eigenvalue weighted by atomic mass is 10.4. The minimum Gasteiger partial charge on any atom is -0.264 e. The third-order valence-corrected chi connectivity index (χ3v) is 1.13. The van der Waals surface area contributed by atoms with Crippen molar-refractivity contribution in [1.82, 2.24) is 9.97 Å². The predicted molar refractivity (Wildman–Crippen MR) is 45.7 cm³/mol. The summed E-state index contributed by atoms with van der Waals surface area (Å²) in [5.74, 6) is 0. The van der Waals surface area contributed by atoms with E-state index in [1.807, 2.05) is 13.8 Å². The van der Waals surface area contributed by atoms with Gasteiger partial charge in [-0.05, 0) is 13.8 Å². The standard InChI is InChI=1S/C6H8N2.H2O4S/c1-5-6(2)8-4-3-7-5;1-5(2,3)4/h3-4H,1-2H3;(H2,1,2,3,4). The van der Waals surface area contributed by atoms with Gasteiger partial charge in [0.25, 0.3) is 0 Å². The molecule has 0 aromatic carbocycles. The second-order valence-electron chi connectivity index (χ2n) is 2.17. The van der Waals surface area contributed by atoms with Gasteiger partial charge in [0.05, 0.1) is 11.4 Å². The van der Waals surface area contributed by atoms with Crippen LogP contribution >= 0.6 is 0 Å². The van der Waals surface area contributed by atoms with Gasteiger partial charge in [0, 0.05) is 12.4 Å². The number of nitrogens with zero attached hydrogens (tertiary/aromatic N) is 2. The molecule has 0 atom stereocenters. The van der Waals surface area contributed by atoms with Gasteiger partial charge in [-0.25, -0.2) is 0 Å². The Hall–Kier alpha value is -1.05. The zero-order chi connectivity index (χ0) is 10.5. The molecule has 0 unspecified atom stereocenters. The SMILES string of the molecule is Cc1nccnc1C.O=S(=O)(O)O. The minimum atomic E-state index is -4.67. The van der Waals surface area contributed by atoms with Gasteiger partial charge < -0.3 is 0 Å². The van der Waals surface area contributed by atoms with Crippen molar-refractivity contribution in [3.63, 3.8) is 0 Å². The van der Waals surface area contributed by atoms with Crippen LogP contribution in [0.4, 0.5) is 0 Å². The first-order valence-electron chi connectivity index (χ1n) is 3.25. The van der Waals surface area contributed by atoms with Crippen LogP contribution in [0.5, 0.6) is 0 Å². The summed E-state index contributed by atoms with van der Waals surface area (Å²) in [5, 5.41) is 0. The lowest BCUT2D eigenvalue weighted by molar-refractivity contribution is 0.381. The molecule has 0 saturated carbocycles. The van der Waals surface area contributed by atoms with Crippen molar-refractivity contribution in [2.75, 3.05) is 0 Å². The lowest BCUT2D eigenvalue weighted by Crippen LogP contribution is -1.89. The highest BCUT2D eigenvalue weighted by atomic mass is 32.3. The van der Waals surface area contributed by atoms with Gasteiger partial charge in [-0.1, -0.05) is 0 Å². The molecule has 1 aromatic heterocycles. The average molecular weight is 206 g/mol. The smallest absolute Gasteiger partial charge is 0.264 e. The van der Waals surface area contributed by atoms with Crippen molar-refractivity contribution in [2.45, 2.75) is 13.8 Å². The van der Waals surface area contributed by atoms with Gasteiger partial charge in [-0.15, -0.1) is 0 Å². The summed E-state index contributed by atoms with van der Waals surface area (Å²) < 4.78 is 31.6. The van der Waals surface area contributed by atoms with Crippen LogP contribution in [-0.2, 0) is 10.4 Å². The molecule has 74 valence electrons. The van der Waals surface area contributed by atoms with E-state index in [2.05, 4.69) is 9.97 Å². The van der Waals surface area contributed by atoms with E-state index < -0.39 is 10.4 Å². The van der Waals surface area contributed by atoms with Crippen molar-refractivity contribution in [3.8, 4) is 0 Å². The van der Waals surface area contributed by atoms with Crippen LogP contribution in [0, 0.1) is 13.8 Å². The molecule has 6 nitrogen and oxygen atoms in total. The van der Waals surface area contributed by atoms with E-state index in [1.54, 1.807) is 12.4 Å². The van der Waals surface area contributed by atoms with Gasteiger partial charge in [0.2, 0.25) is 0 Å². The van der Waals surface area contributed by atoms with Crippen LogP contribution in [0.1, 0.15) is 11.4 Å². The largest absolute Gasteiger partial charge is 0.394 e. The molecule has 1 rings (SSSR count). The molecule has 7 heteroatoms. The van der Waals surface area contributed by atoms with E-state index in [9.17, 15) is 0 Å². The van der Waals surface area contributed by atoms with Crippen molar-refractivity contribution >= 4 is 10.4 Å². The highest BCUT2D eigenvalue weighted by molar-refractivity contribution is 7.79. The van der Waals surface area contributed by atoms with E-state index in [1.165, 1.54) is 0 Å². The van der Waals surface area contributed by atoms with E-state index in [0.29, 0.717) is 0 Å². The summed E-state index contributed by atoms with van der Waals surface area (Å²) in [7, 11) is -4.67. The van der Waals surface area contributed by atoms with Crippen LogP contribution < -0.4 is 0 Å². The summed E-state index contributed by atoms with van der Waals surface area (Å²) in [6.07, 6.45) is 3.39. The summed E-state index contributed by atoms with van der Waals surface area (Å²) in [4.78, 5) is 8.03. The molecule has 0 amide bonds. The molecular formula is C6H10N2O4S. The summed E-state index contributed by atoms with van der Waals surface area (Å²) in [5.41, 5.74) is 2.01. The second-order valence-corrected chi connectivity index (χ2v) is 3.07. The maximum Gasteiger partial charge on any atom is 0.394 e. The van der Waals surface area contributed by atoms with Gasteiger partial charge >= 0.3 is 10.4 Å². The molecule has 0 aliphatic rings. The van der Waals surface area contributed by atoms with Gasteiger partial charge in [0.1, 0.15) is 0 Å². The zero-order valence-corrected chi connectivity index (χ0v) is 7.98. The van der Waals surface area contributed by atoms with E-state index in [-0.39, 0.29) is 0 Å². The molecule has 0 bridgehead atoms. The average Bonchev–Trinajstić information content (AvgIpc) is 1.92. The highest BCUT2D eigenvalue weighted by Crippen LogP contribution is 1.93. The first-order valence-corrected chi connectivity index (χ1v) is 4.64. The van der Waals surface area contributed by atoms with Crippen LogP contribution in [0.2, 0.25) is 0 Å². The number of aryl methyl sites for hydroxylation is 2. The molecule has 1 heterocycles. The van der Waals surface area contributed by atoms with Crippen LogP contribution in [0.3, 0.4) is 0 Å². The van der Waals surface area contributed by atoms with Crippen LogP contribution in [0.15, 0.2) is 12.4 Å². The first-order chi connectivity index (χ1) is 5.80. The predicted octanol–water partition coefficient (Wildman–Crippen LogP) is 0.441. The molecule has 0 saturated heterocycles. The molecule has 0 fully saturated rings. The number of aromatic nitrogens is 2. The molecule has 1 aromatic rings. The Bertz CT molecular complexity index is 334. The number of rotatable bonds is 0. The van der Waals surface area contributed by atoms with Crippen molar-refractivity contribution < 1.29 is 17.5 Å². The normalized spacial score (nSPS) is 10.2.